The number of aliphatic imine (C=N–C) groups is 1. The topological polar surface area (TPSA) is 106 Å². The lowest BCUT2D eigenvalue weighted by molar-refractivity contribution is -0.192. The third kappa shape index (κ3) is 6.88. The molecule has 7 nitrogen and oxygen atoms in total. The average molecular weight is 466 g/mol. The fourth-order valence-electron chi connectivity index (χ4n) is 4.03. The number of halogens is 3. The molecule has 0 saturated carbocycles. The van der Waals surface area contributed by atoms with Crippen molar-refractivity contribution in [2.75, 3.05) is 32.9 Å². The van der Waals surface area contributed by atoms with E-state index in [1.165, 1.54) is 23.1 Å². The van der Waals surface area contributed by atoms with Crippen molar-refractivity contribution in [3.05, 3.63) is 35.4 Å². The number of hydrogen-bond acceptors (Lipinski definition) is 4. The molecule has 1 aromatic rings. The molecular weight excluding hydrogens is 435 g/mol. The average Bonchev–Trinajstić information content (AvgIpc) is 2.71. The van der Waals surface area contributed by atoms with Crippen LogP contribution in [0.2, 0.25) is 0 Å². The van der Waals surface area contributed by atoms with E-state index in [0.29, 0.717) is 11.3 Å². The lowest BCUT2D eigenvalue weighted by Crippen LogP contribution is -2.49. The van der Waals surface area contributed by atoms with Crippen LogP contribution >= 0.6 is 0 Å². The molecule has 0 aromatic heterocycles. The Morgan fingerprint density at radius 1 is 1.27 bits per heavy atom. The third-order valence-corrected chi connectivity index (χ3v) is 5.93. The van der Waals surface area contributed by atoms with Gasteiger partial charge in [0, 0.05) is 44.4 Å². The Kier molecular flexibility index (Phi) is 8.01. The van der Waals surface area contributed by atoms with E-state index >= 15 is 0 Å². The molecule has 0 radical (unpaired) electrons. The maximum atomic E-state index is 10.6. The monoisotopic (exact) mass is 465 g/mol. The number of anilines is 1. The molecule has 1 saturated heterocycles. The predicted octanol–water partition coefficient (Wildman–Crippen LogP) is 4.29. The number of guanidine groups is 1. The van der Waals surface area contributed by atoms with Crippen LogP contribution < -0.4 is 5.73 Å². The Morgan fingerprint density at radius 3 is 2.30 bits per heavy atom. The Bertz CT molecular complexity index is 965. The van der Waals surface area contributed by atoms with Crippen LogP contribution in [0.1, 0.15) is 50.2 Å². The zero-order chi connectivity index (χ0) is 25.0. The van der Waals surface area contributed by atoms with Crippen LogP contribution in [-0.2, 0) is 4.79 Å². The number of nitrogens with two attached hydrogens (primary N) is 1. The van der Waals surface area contributed by atoms with E-state index in [-0.39, 0.29) is 0 Å². The summed E-state index contributed by atoms with van der Waals surface area (Å²) in [6, 6.07) is 6.47. The number of benzene rings is 1. The quantitative estimate of drug-likeness (QED) is 0.499. The van der Waals surface area contributed by atoms with E-state index in [2.05, 4.69) is 46.8 Å². The van der Waals surface area contributed by atoms with E-state index < -0.39 is 12.1 Å². The second kappa shape index (κ2) is 10.1. The molecule has 10 heteroatoms. The number of nitrogen functional groups attached to an aromatic ring is 1. The zero-order valence-electron chi connectivity index (χ0n) is 19.3. The van der Waals surface area contributed by atoms with Crippen molar-refractivity contribution < 1.29 is 23.1 Å². The molecule has 0 spiro atoms. The molecule has 1 aromatic carbocycles. The number of nitriles is 1. The molecule has 2 aliphatic rings. The number of carboxylic acids is 1. The summed E-state index contributed by atoms with van der Waals surface area (Å²) >= 11 is 0. The highest BCUT2D eigenvalue weighted by atomic mass is 19.4. The van der Waals surface area contributed by atoms with E-state index in [1.54, 1.807) is 0 Å². The summed E-state index contributed by atoms with van der Waals surface area (Å²) in [5.41, 5.74) is 11.4. The van der Waals surface area contributed by atoms with Gasteiger partial charge >= 0.3 is 12.1 Å². The number of allylic oxidation sites excluding steroid dienone is 2. The first kappa shape index (κ1) is 26.0. The van der Waals surface area contributed by atoms with Crippen LogP contribution in [0.4, 0.5) is 18.9 Å². The molecule has 0 bridgehead atoms. The van der Waals surface area contributed by atoms with E-state index in [1.807, 2.05) is 26.4 Å². The molecular formula is C23H30F3N5O2. The predicted molar refractivity (Wildman–Crippen MR) is 121 cm³/mol. The van der Waals surface area contributed by atoms with Crippen molar-refractivity contribution in [1.82, 2.24) is 9.80 Å². The molecule has 1 fully saturated rings. The second-order valence-electron chi connectivity index (χ2n) is 9.22. The van der Waals surface area contributed by atoms with Gasteiger partial charge in [-0.05, 0) is 47.9 Å². The molecule has 0 atom stereocenters. The number of carboxylic acid groups (broad SMARTS) is 1. The SMILES string of the molecule is CN1CC(c2ccc(N)c(C3=CCC(C)(C)CC3)c2)CN(C)C1=NC#N.O=C(O)C(F)(F)F. The van der Waals surface area contributed by atoms with Gasteiger partial charge in [0.1, 0.15) is 0 Å². The second-order valence-corrected chi connectivity index (χ2v) is 9.22. The first-order valence-electron chi connectivity index (χ1n) is 10.5. The Labute approximate surface area is 192 Å². The highest BCUT2D eigenvalue weighted by molar-refractivity contribution is 5.82. The van der Waals surface area contributed by atoms with Gasteiger partial charge in [0.25, 0.3) is 0 Å². The van der Waals surface area contributed by atoms with Gasteiger partial charge in [-0.1, -0.05) is 26.0 Å². The Balaban J connectivity index is 0.000000479. The molecule has 1 aliphatic heterocycles. The molecule has 0 unspecified atom stereocenters. The number of hydrogen-bond donors (Lipinski definition) is 2. The molecule has 1 heterocycles. The lowest BCUT2D eigenvalue weighted by atomic mass is 9.76. The maximum absolute atomic E-state index is 10.6. The molecule has 3 N–H and O–H groups in total. The number of alkyl halides is 3. The van der Waals surface area contributed by atoms with Crippen LogP contribution in [0.25, 0.3) is 5.57 Å². The number of rotatable bonds is 2. The zero-order valence-corrected chi connectivity index (χ0v) is 19.3. The largest absolute Gasteiger partial charge is 0.490 e. The number of likely N-dealkylation sites (N-methyl/N-ethyl adjacent to an activating group) is 2. The van der Waals surface area contributed by atoms with Crippen LogP contribution in [0.15, 0.2) is 29.3 Å². The van der Waals surface area contributed by atoms with Gasteiger partial charge in [-0.3, -0.25) is 0 Å². The van der Waals surface area contributed by atoms with Crippen LogP contribution in [0, 0.1) is 16.9 Å². The maximum Gasteiger partial charge on any atom is 0.490 e. The summed E-state index contributed by atoms with van der Waals surface area (Å²) in [4.78, 5) is 16.9. The van der Waals surface area contributed by atoms with Crippen molar-refractivity contribution in [2.45, 2.75) is 45.2 Å². The van der Waals surface area contributed by atoms with Crippen molar-refractivity contribution >= 4 is 23.2 Å². The van der Waals surface area contributed by atoms with Crippen molar-refractivity contribution in [1.29, 1.82) is 5.26 Å². The van der Waals surface area contributed by atoms with Crippen molar-refractivity contribution in [3.8, 4) is 6.19 Å². The minimum absolute atomic E-state index is 0.364. The fourth-order valence-corrected chi connectivity index (χ4v) is 4.03. The van der Waals surface area contributed by atoms with Crippen LogP contribution in [0.3, 0.4) is 0 Å². The standard InChI is InChI=1S/C21H29N5.C2HF3O2/c1-21(2)9-7-15(8-10-21)18-11-16(5-6-19(18)23)17-12-25(3)20(24-14-22)26(4)13-17;3-2(4,5)1(6)7/h5-7,11,17H,8-10,12-13,23H2,1-4H3;(H,6,7). The van der Waals surface area contributed by atoms with E-state index in [9.17, 15) is 13.2 Å². The van der Waals surface area contributed by atoms with Crippen LogP contribution in [0.5, 0.6) is 0 Å². The van der Waals surface area contributed by atoms with E-state index in [0.717, 1.165) is 37.6 Å². The normalized spacial score (nSPS) is 20.2. The minimum Gasteiger partial charge on any atom is -0.475 e. The third-order valence-electron chi connectivity index (χ3n) is 5.93. The smallest absolute Gasteiger partial charge is 0.475 e. The minimum atomic E-state index is -5.08. The van der Waals surface area contributed by atoms with Gasteiger partial charge in [0.05, 0.1) is 0 Å². The van der Waals surface area contributed by atoms with Crippen molar-refractivity contribution in [2.24, 2.45) is 10.4 Å². The van der Waals surface area contributed by atoms with Crippen LogP contribution in [-0.4, -0.2) is 60.2 Å². The Morgan fingerprint density at radius 2 is 1.85 bits per heavy atom. The first-order chi connectivity index (χ1) is 15.2. The summed E-state index contributed by atoms with van der Waals surface area (Å²) in [7, 11) is 3.98. The molecule has 0 amide bonds. The lowest BCUT2D eigenvalue weighted by Gasteiger charge is -2.39. The first-order valence-corrected chi connectivity index (χ1v) is 10.5. The Hall–Kier alpha value is -3.22. The molecule has 180 valence electrons. The number of carbonyl (C=O) groups is 1. The molecule has 3 rings (SSSR count). The highest BCUT2D eigenvalue weighted by Crippen LogP contribution is 2.40. The van der Waals surface area contributed by atoms with Gasteiger partial charge in [0.15, 0.2) is 0 Å². The van der Waals surface area contributed by atoms with Gasteiger partial charge in [-0.25, -0.2) is 4.79 Å². The van der Waals surface area contributed by atoms with Crippen molar-refractivity contribution in [3.63, 3.8) is 0 Å². The highest BCUT2D eigenvalue weighted by Gasteiger charge is 2.38. The summed E-state index contributed by atoms with van der Waals surface area (Å²) in [5, 5.41) is 16.0. The van der Waals surface area contributed by atoms with Gasteiger partial charge in [0.2, 0.25) is 12.2 Å². The van der Waals surface area contributed by atoms with E-state index in [4.69, 9.17) is 20.9 Å². The summed E-state index contributed by atoms with van der Waals surface area (Å²) in [5.74, 6) is -1.66. The molecule has 1 aliphatic carbocycles. The van der Waals surface area contributed by atoms with Gasteiger partial charge in [-0.15, -0.1) is 4.99 Å². The molecule has 33 heavy (non-hydrogen) atoms. The summed E-state index contributed by atoms with van der Waals surface area (Å²) in [6.45, 7) is 6.35. The fraction of sp³-hybridized carbons (Fsp3) is 0.522. The van der Waals surface area contributed by atoms with Gasteiger partial charge < -0.3 is 20.6 Å². The summed E-state index contributed by atoms with van der Waals surface area (Å²) < 4.78 is 31.7. The number of nitrogens with zero attached hydrogens (tertiary/aromatic N) is 4. The summed E-state index contributed by atoms with van der Waals surface area (Å²) in [6.07, 6.45) is 2.58. The number of aliphatic carboxylic acids is 1. The van der Waals surface area contributed by atoms with Gasteiger partial charge in [-0.2, -0.15) is 18.4 Å².